The van der Waals surface area contributed by atoms with E-state index in [1.54, 1.807) is 0 Å². The fraction of sp³-hybridized carbons (Fsp3) is 0.647. The highest BCUT2D eigenvalue weighted by Crippen LogP contribution is 2.49. The Labute approximate surface area is 120 Å². The molecule has 0 bridgehead atoms. The molecule has 2 N–H and O–H groups in total. The Balaban J connectivity index is 1.61. The van der Waals surface area contributed by atoms with E-state index < -0.39 is 0 Å². The Bertz CT molecular complexity index is 512. The largest absolute Gasteiger partial charge is 0.486 e. The first kappa shape index (κ1) is 12.5. The van der Waals surface area contributed by atoms with Crippen LogP contribution in [0.15, 0.2) is 18.2 Å². The highest BCUT2D eigenvalue weighted by Gasteiger charge is 2.41. The van der Waals surface area contributed by atoms with E-state index in [4.69, 9.17) is 15.2 Å². The van der Waals surface area contributed by atoms with Gasteiger partial charge < -0.3 is 15.2 Å². The monoisotopic (exact) mass is 273 g/mol. The number of nitrogens with two attached hydrogens (primary N) is 1. The third-order valence-corrected chi connectivity index (χ3v) is 5.23. The summed E-state index contributed by atoms with van der Waals surface area (Å²) in [6.45, 7) is 1.28. The smallest absolute Gasteiger partial charge is 0.161 e. The van der Waals surface area contributed by atoms with Crippen molar-refractivity contribution in [2.75, 3.05) is 13.2 Å². The van der Waals surface area contributed by atoms with Crippen LogP contribution < -0.4 is 15.2 Å². The Morgan fingerprint density at radius 2 is 1.80 bits per heavy atom. The minimum atomic E-state index is -0.165. The molecule has 3 aliphatic rings. The highest BCUT2D eigenvalue weighted by atomic mass is 16.6. The van der Waals surface area contributed by atoms with Crippen molar-refractivity contribution < 1.29 is 9.47 Å². The van der Waals surface area contributed by atoms with Crippen molar-refractivity contribution in [3.8, 4) is 11.5 Å². The van der Waals surface area contributed by atoms with Crippen LogP contribution in [-0.2, 0) is 5.54 Å². The third kappa shape index (κ3) is 2.18. The SMILES string of the molecule is NC1(c2ccc3c(c2)OCCO3)CCCC(C2CC2)C1. The maximum atomic E-state index is 6.77. The van der Waals surface area contributed by atoms with Gasteiger partial charge in [-0.15, -0.1) is 0 Å². The summed E-state index contributed by atoms with van der Waals surface area (Å²) in [5.74, 6) is 3.52. The molecule has 2 atom stereocenters. The number of benzene rings is 1. The van der Waals surface area contributed by atoms with Crippen molar-refractivity contribution in [3.05, 3.63) is 23.8 Å². The Morgan fingerprint density at radius 3 is 2.60 bits per heavy atom. The summed E-state index contributed by atoms with van der Waals surface area (Å²) in [6.07, 6.45) is 7.69. The summed E-state index contributed by atoms with van der Waals surface area (Å²) in [7, 11) is 0. The molecule has 2 aliphatic carbocycles. The maximum Gasteiger partial charge on any atom is 0.161 e. The zero-order valence-corrected chi connectivity index (χ0v) is 11.9. The van der Waals surface area contributed by atoms with E-state index >= 15 is 0 Å². The topological polar surface area (TPSA) is 44.5 Å². The van der Waals surface area contributed by atoms with Crippen molar-refractivity contribution in [2.45, 2.75) is 44.1 Å². The normalized spacial score (nSPS) is 33.0. The lowest BCUT2D eigenvalue weighted by Gasteiger charge is -2.39. The molecule has 20 heavy (non-hydrogen) atoms. The molecule has 2 saturated carbocycles. The standard InChI is InChI=1S/C17H23NO2/c18-17(7-1-2-13(11-17)12-3-4-12)14-5-6-15-16(10-14)20-9-8-19-15/h5-6,10,12-13H,1-4,7-9,11,18H2. The fourth-order valence-electron chi connectivity index (χ4n) is 3.94. The van der Waals surface area contributed by atoms with Crippen LogP contribution in [0.2, 0.25) is 0 Å². The maximum absolute atomic E-state index is 6.77. The summed E-state index contributed by atoms with van der Waals surface area (Å²) in [4.78, 5) is 0. The Morgan fingerprint density at radius 1 is 1.00 bits per heavy atom. The van der Waals surface area contributed by atoms with Crippen LogP contribution in [0.4, 0.5) is 0 Å². The van der Waals surface area contributed by atoms with Crippen molar-refractivity contribution in [3.63, 3.8) is 0 Å². The minimum Gasteiger partial charge on any atom is -0.486 e. The number of hydrogen-bond donors (Lipinski definition) is 1. The minimum absolute atomic E-state index is 0.165. The Kier molecular flexibility index (Phi) is 2.92. The molecule has 2 fully saturated rings. The molecule has 1 aliphatic heterocycles. The van der Waals surface area contributed by atoms with Crippen LogP contribution in [0.25, 0.3) is 0 Å². The second kappa shape index (κ2) is 4.66. The lowest BCUT2D eigenvalue weighted by atomic mass is 9.71. The lowest BCUT2D eigenvalue weighted by Crippen LogP contribution is -2.42. The van der Waals surface area contributed by atoms with E-state index in [2.05, 4.69) is 12.1 Å². The van der Waals surface area contributed by atoms with Gasteiger partial charge in [0.15, 0.2) is 11.5 Å². The highest BCUT2D eigenvalue weighted by molar-refractivity contribution is 5.46. The predicted molar refractivity (Wildman–Crippen MR) is 78.0 cm³/mol. The van der Waals surface area contributed by atoms with Crippen LogP contribution in [0.1, 0.15) is 44.1 Å². The zero-order valence-electron chi connectivity index (χ0n) is 11.9. The fourth-order valence-corrected chi connectivity index (χ4v) is 3.94. The molecule has 0 radical (unpaired) electrons. The molecular formula is C17H23NO2. The summed E-state index contributed by atoms with van der Waals surface area (Å²) < 4.78 is 11.3. The molecule has 1 aromatic rings. The number of hydrogen-bond acceptors (Lipinski definition) is 3. The van der Waals surface area contributed by atoms with Gasteiger partial charge in [0.05, 0.1) is 0 Å². The van der Waals surface area contributed by atoms with Gasteiger partial charge in [0, 0.05) is 5.54 Å². The van der Waals surface area contributed by atoms with E-state index in [1.165, 1.54) is 31.2 Å². The average Bonchev–Trinajstić information content (AvgIpc) is 3.31. The van der Waals surface area contributed by atoms with E-state index in [-0.39, 0.29) is 5.54 Å². The molecule has 1 aromatic carbocycles. The predicted octanol–water partition coefficient (Wildman–Crippen LogP) is 3.21. The first-order chi connectivity index (χ1) is 9.74. The van der Waals surface area contributed by atoms with Gasteiger partial charge >= 0.3 is 0 Å². The van der Waals surface area contributed by atoms with Gasteiger partial charge in [-0.1, -0.05) is 18.9 Å². The summed E-state index contributed by atoms with van der Waals surface area (Å²) in [5.41, 5.74) is 7.84. The van der Waals surface area contributed by atoms with Crippen LogP contribution in [-0.4, -0.2) is 13.2 Å². The summed E-state index contributed by atoms with van der Waals surface area (Å²) in [5, 5.41) is 0. The second-order valence-electron chi connectivity index (χ2n) is 6.71. The zero-order chi connectivity index (χ0) is 13.6. The van der Waals surface area contributed by atoms with Crippen LogP contribution in [0.5, 0.6) is 11.5 Å². The molecule has 4 rings (SSSR count). The van der Waals surface area contributed by atoms with Gasteiger partial charge in [0.1, 0.15) is 13.2 Å². The molecule has 108 valence electrons. The van der Waals surface area contributed by atoms with Crippen LogP contribution >= 0.6 is 0 Å². The quantitative estimate of drug-likeness (QED) is 0.900. The van der Waals surface area contributed by atoms with Gasteiger partial charge in [0.25, 0.3) is 0 Å². The van der Waals surface area contributed by atoms with Gasteiger partial charge in [-0.3, -0.25) is 0 Å². The molecule has 0 aromatic heterocycles. The molecule has 2 unspecified atom stereocenters. The second-order valence-corrected chi connectivity index (χ2v) is 6.71. The van der Waals surface area contributed by atoms with E-state index in [1.807, 2.05) is 6.07 Å². The number of rotatable bonds is 2. The molecule has 1 heterocycles. The van der Waals surface area contributed by atoms with Gasteiger partial charge in [-0.05, 0) is 55.2 Å². The van der Waals surface area contributed by atoms with Gasteiger partial charge in [-0.2, -0.15) is 0 Å². The van der Waals surface area contributed by atoms with Gasteiger partial charge in [0.2, 0.25) is 0 Å². The van der Waals surface area contributed by atoms with Crippen LogP contribution in [0.3, 0.4) is 0 Å². The summed E-state index contributed by atoms with van der Waals surface area (Å²) in [6, 6.07) is 6.28. The lowest BCUT2D eigenvalue weighted by molar-refractivity contribution is 0.169. The molecule has 0 spiro atoms. The molecule has 3 heteroatoms. The van der Waals surface area contributed by atoms with Crippen molar-refractivity contribution in [1.82, 2.24) is 0 Å². The first-order valence-corrected chi connectivity index (χ1v) is 7.94. The van der Waals surface area contributed by atoms with Crippen molar-refractivity contribution in [1.29, 1.82) is 0 Å². The van der Waals surface area contributed by atoms with Crippen molar-refractivity contribution >= 4 is 0 Å². The molecule has 0 amide bonds. The Hall–Kier alpha value is -1.22. The molecule has 3 nitrogen and oxygen atoms in total. The first-order valence-electron chi connectivity index (χ1n) is 7.94. The van der Waals surface area contributed by atoms with E-state index in [0.717, 1.165) is 36.2 Å². The number of ether oxygens (including phenoxy) is 2. The summed E-state index contributed by atoms with van der Waals surface area (Å²) >= 11 is 0. The van der Waals surface area contributed by atoms with Gasteiger partial charge in [-0.25, -0.2) is 0 Å². The van der Waals surface area contributed by atoms with Crippen molar-refractivity contribution in [2.24, 2.45) is 17.6 Å². The molecule has 0 saturated heterocycles. The number of fused-ring (bicyclic) bond motifs is 1. The van der Waals surface area contributed by atoms with E-state index in [9.17, 15) is 0 Å². The third-order valence-electron chi connectivity index (χ3n) is 5.23. The van der Waals surface area contributed by atoms with E-state index in [0.29, 0.717) is 13.2 Å². The van der Waals surface area contributed by atoms with Crippen LogP contribution in [0, 0.1) is 11.8 Å². The molecular weight excluding hydrogens is 250 g/mol. The average molecular weight is 273 g/mol.